The fraction of sp³-hybridized carbons (Fsp3) is 0.444. The minimum atomic E-state index is -3.55. The second-order valence-electron chi connectivity index (χ2n) is 6.79. The molecule has 0 spiro atoms. The summed E-state index contributed by atoms with van der Waals surface area (Å²) in [4.78, 5) is 24.4. The Hall–Kier alpha value is -2.15. The Morgan fingerprint density at radius 3 is 2.22 bits per heavy atom. The molecule has 1 aromatic heterocycles. The van der Waals surface area contributed by atoms with Crippen molar-refractivity contribution < 1.29 is 27.9 Å². The number of carbonyl (C=O) groups is 2. The lowest BCUT2D eigenvalue weighted by molar-refractivity contribution is 0.0544. The zero-order chi connectivity index (χ0) is 20.4. The molecule has 148 valence electrons. The number of hydrogen-bond acceptors (Lipinski definition) is 6. The van der Waals surface area contributed by atoms with E-state index in [1.54, 1.807) is 46.8 Å². The third-order valence-electron chi connectivity index (χ3n) is 3.56. The van der Waals surface area contributed by atoms with Crippen LogP contribution >= 0.6 is 7.60 Å². The van der Waals surface area contributed by atoms with Gasteiger partial charge in [0.15, 0.2) is 0 Å². The predicted molar refractivity (Wildman–Crippen MR) is 103 cm³/mol. The lowest BCUT2D eigenvalue weighted by atomic mass is 10.2. The molecule has 1 heterocycles. The Morgan fingerprint density at radius 1 is 1.15 bits per heavy atom. The zero-order valence-electron chi connectivity index (χ0n) is 16.1. The third-order valence-corrected chi connectivity index (χ3v) is 5.66. The van der Waals surface area contributed by atoms with Crippen molar-refractivity contribution in [2.75, 3.05) is 13.2 Å². The van der Waals surface area contributed by atoms with E-state index in [2.05, 4.69) is 0 Å². The Kier molecular flexibility index (Phi) is 6.14. The summed E-state index contributed by atoms with van der Waals surface area (Å²) >= 11 is 0. The van der Waals surface area contributed by atoms with E-state index in [1.165, 1.54) is 16.8 Å². The van der Waals surface area contributed by atoms with Crippen molar-refractivity contribution in [2.45, 2.75) is 40.2 Å². The molecule has 2 aromatic rings. The first-order valence-electron chi connectivity index (χ1n) is 8.60. The number of aromatic nitrogens is 1. The Labute approximate surface area is 158 Å². The first-order chi connectivity index (χ1) is 12.5. The molecule has 1 aromatic carbocycles. The van der Waals surface area contributed by atoms with Gasteiger partial charge in [-0.1, -0.05) is 0 Å². The molecule has 0 aliphatic rings. The van der Waals surface area contributed by atoms with Gasteiger partial charge in [-0.25, -0.2) is 4.79 Å². The number of nitrogens with zero attached hydrogens (tertiary/aromatic N) is 1. The lowest BCUT2D eigenvalue weighted by Gasteiger charge is -2.20. The van der Waals surface area contributed by atoms with Crippen molar-refractivity contribution in [1.29, 1.82) is 0 Å². The number of hydrogen-bond donors (Lipinski definition) is 1. The van der Waals surface area contributed by atoms with Crippen LogP contribution in [0.5, 0.6) is 0 Å². The molecular formula is C18H25N2O6P. The third kappa shape index (κ3) is 4.58. The molecule has 0 saturated heterocycles. The van der Waals surface area contributed by atoms with Gasteiger partial charge in [0.1, 0.15) is 5.60 Å². The fourth-order valence-electron chi connectivity index (χ4n) is 2.57. The summed E-state index contributed by atoms with van der Waals surface area (Å²) in [5, 5.41) is 0.647. The summed E-state index contributed by atoms with van der Waals surface area (Å²) in [6.45, 7) is 9.02. The molecule has 0 fully saturated rings. The Bertz CT molecular complexity index is 902. The number of fused-ring (bicyclic) bond motifs is 1. The molecule has 9 heteroatoms. The van der Waals surface area contributed by atoms with Crippen LogP contribution < -0.4 is 11.0 Å². The number of carbonyl (C=O) groups excluding carboxylic acids is 2. The highest BCUT2D eigenvalue weighted by Gasteiger charge is 2.29. The average molecular weight is 396 g/mol. The maximum atomic E-state index is 13.0. The molecule has 0 bridgehead atoms. The summed E-state index contributed by atoms with van der Waals surface area (Å²) in [7, 11) is -3.55. The molecule has 0 aliphatic heterocycles. The molecular weight excluding hydrogens is 371 g/mol. The number of ether oxygens (including phenoxy) is 1. The Balaban J connectivity index is 2.64. The SMILES string of the molecule is CCOP(=O)(OCC)c1ccc2c(c1)c(C(N)=O)cn2C(=O)OC(C)(C)C. The molecule has 0 saturated carbocycles. The normalized spacial score (nSPS) is 12.3. The van der Waals surface area contributed by atoms with E-state index in [1.807, 2.05) is 0 Å². The molecule has 8 nitrogen and oxygen atoms in total. The van der Waals surface area contributed by atoms with Crippen molar-refractivity contribution in [2.24, 2.45) is 5.73 Å². The van der Waals surface area contributed by atoms with Gasteiger partial charge in [-0.15, -0.1) is 0 Å². The molecule has 0 aliphatic carbocycles. The standard InChI is InChI=1S/C18H25N2O6P/c1-6-24-27(23,25-7-2)12-8-9-15-13(10-12)14(16(19)21)11-20(15)17(22)26-18(3,4)5/h8-11H,6-7H2,1-5H3,(H2,19,21). The van der Waals surface area contributed by atoms with Gasteiger partial charge in [-0.2, -0.15) is 0 Å². The summed E-state index contributed by atoms with van der Waals surface area (Å²) in [5.41, 5.74) is 5.27. The maximum Gasteiger partial charge on any atom is 0.419 e. The maximum absolute atomic E-state index is 13.0. The highest BCUT2D eigenvalue weighted by atomic mass is 31.2. The van der Waals surface area contributed by atoms with E-state index >= 15 is 0 Å². The van der Waals surface area contributed by atoms with Crippen molar-refractivity contribution in [3.63, 3.8) is 0 Å². The lowest BCUT2D eigenvalue weighted by Crippen LogP contribution is -2.26. The van der Waals surface area contributed by atoms with Gasteiger partial charge in [-0.05, 0) is 52.8 Å². The van der Waals surface area contributed by atoms with Gasteiger partial charge in [0.2, 0.25) is 0 Å². The van der Waals surface area contributed by atoms with Gasteiger partial charge < -0.3 is 19.5 Å². The van der Waals surface area contributed by atoms with Gasteiger partial charge in [-0.3, -0.25) is 13.9 Å². The molecule has 27 heavy (non-hydrogen) atoms. The topological polar surface area (TPSA) is 110 Å². The summed E-state index contributed by atoms with van der Waals surface area (Å²) < 4.78 is 30.3. The second-order valence-corrected chi connectivity index (χ2v) is 8.82. The van der Waals surface area contributed by atoms with Crippen LogP contribution in [0.1, 0.15) is 45.0 Å². The van der Waals surface area contributed by atoms with E-state index in [4.69, 9.17) is 19.5 Å². The molecule has 2 rings (SSSR count). The van der Waals surface area contributed by atoms with Gasteiger partial charge >= 0.3 is 13.7 Å². The number of primary amides is 1. The van der Waals surface area contributed by atoms with Crippen LogP contribution in [0.2, 0.25) is 0 Å². The summed E-state index contributed by atoms with van der Waals surface area (Å²) in [5.74, 6) is -0.720. The molecule has 0 radical (unpaired) electrons. The largest absolute Gasteiger partial charge is 0.443 e. The number of amides is 1. The Morgan fingerprint density at radius 2 is 1.74 bits per heavy atom. The zero-order valence-corrected chi connectivity index (χ0v) is 17.0. The van der Waals surface area contributed by atoms with Crippen molar-refractivity contribution in [3.8, 4) is 0 Å². The van der Waals surface area contributed by atoms with E-state index in [0.29, 0.717) is 10.9 Å². The summed E-state index contributed by atoms with van der Waals surface area (Å²) in [6, 6.07) is 4.61. The van der Waals surface area contributed by atoms with E-state index in [-0.39, 0.29) is 24.1 Å². The van der Waals surface area contributed by atoms with Crippen LogP contribution in [-0.4, -0.2) is 35.4 Å². The van der Waals surface area contributed by atoms with Crippen LogP contribution in [0.15, 0.2) is 24.4 Å². The fourth-order valence-corrected chi connectivity index (χ4v) is 4.17. The van der Waals surface area contributed by atoms with Crippen LogP contribution in [0.4, 0.5) is 4.79 Å². The molecule has 2 N–H and O–H groups in total. The van der Waals surface area contributed by atoms with Crippen molar-refractivity contribution in [3.05, 3.63) is 30.0 Å². The molecule has 0 unspecified atom stereocenters. The summed E-state index contributed by atoms with van der Waals surface area (Å²) in [6.07, 6.45) is 0.669. The van der Waals surface area contributed by atoms with Gasteiger partial charge in [0.05, 0.1) is 29.6 Å². The quantitative estimate of drug-likeness (QED) is 0.749. The second kappa shape index (κ2) is 7.84. The first-order valence-corrected chi connectivity index (χ1v) is 10.1. The van der Waals surface area contributed by atoms with E-state index in [9.17, 15) is 14.2 Å². The van der Waals surface area contributed by atoms with E-state index < -0.39 is 25.2 Å². The smallest absolute Gasteiger partial charge is 0.419 e. The van der Waals surface area contributed by atoms with Crippen LogP contribution in [-0.2, 0) is 18.3 Å². The first kappa shape index (κ1) is 21.2. The number of rotatable bonds is 6. The van der Waals surface area contributed by atoms with Gasteiger partial charge in [0, 0.05) is 11.6 Å². The highest BCUT2D eigenvalue weighted by Crippen LogP contribution is 2.47. The van der Waals surface area contributed by atoms with Crippen LogP contribution in [0.3, 0.4) is 0 Å². The van der Waals surface area contributed by atoms with Crippen molar-refractivity contribution >= 4 is 35.8 Å². The molecule has 0 atom stereocenters. The number of benzene rings is 1. The van der Waals surface area contributed by atoms with Gasteiger partial charge in [0.25, 0.3) is 5.91 Å². The minimum absolute atomic E-state index is 0.109. The highest BCUT2D eigenvalue weighted by molar-refractivity contribution is 7.62. The minimum Gasteiger partial charge on any atom is -0.443 e. The van der Waals surface area contributed by atoms with Crippen LogP contribution in [0.25, 0.3) is 10.9 Å². The van der Waals surface area contributed by atoms with E-state index in [0.717, 1.165) is 0 Å². The average Bonchev–Trinajstić information content (AvgIpc) is 2.92. The number of nitrogens with two attached hydrogens (primary N) is 1. The monoisotopic (exact) mass is 396 g/mol. The molecule has 1 amide bonds. The van der Waals surface area contributed by atoms with Crippen LogP contribution in [0, 0.1) is 0 Å². The predicted octanol–water partition coefficient (Wildman–Crippen LogP) is 3.41. The van der Waals surface area contributed by atoms with Crippen molar-refractivity contribution in [1.82, 2.24) is 4.57 Å².